The van der Waals surface area contributed by atoms with Crippen LogP contribution in [0.4, 0.5) is 5.69 Å². The summed E-state index contributed by atoms with van der Waals surface area (Å²) in [5.41, 5.74) is 1.06. The Labute approximate surface area is 118 Å². The summed E-state index contributed by atoms with van der Waals surface area (Å²) in [4.78, 5) is 2.53. The van der Waals surface area contributed by atoms with Gasteiger partial charge >= 0.3 is 0 Å². The van der Waals surface area contributed by atoms with Gasteiger partial charge in [-0.25, -0.2) is 8.42 Å². The zero-order valence-electron chi connectivity index (χ0n) is 10.9. The summed E-state index contributed by atoms with van der Waals surface area (Å²) in [6.07, 6.45) is 4.78. The van der Waals surface area contributed by atoms with Gasteiger partial charge in [0.05, 0.1) is 4.90 Å². The maximum atomic E-state index is 11.3. The molecular formula is C13H20BrNO2S. The highest BCUT2D eigenvalue weighted by molar-refractivity contribution is 9.09. The first-order chi connectivity index (χ1) is 8.45. The van der Waals surface area contributed by atoms with E-state index in [0.29, 0.717) is 4.90 Å². The number of hydrogen-bond donors (Lipinski definition) is 0. The lowest BCUT2D eigenvalue weighted by atomic mass is 10.2. The van der Waals surface area contributed by atoms with E-state index in [1.165, 1.54) is 19.1 Å². The lowest BCUT2D eigenvalue weighted by Crippen LogP contribution is -2.18. The van der Waals surface area contributed by atoms with Gasteiger partial charge in [0.25, 0.3) is 0 Å². The summed E-state index contributed by atoms with van der Waals surface area (Å²) in [5.74, 6) is 0. The van der Waals surface area contributed by atoms with Gasteiger partial charge in [0.1, 0.15) is 0 Å². The number of hydrogen-bond acceptors (Lipinski definition) is 3. The van der Waals surface area contributed by atoms with Gasteiger partial charge in [-0.05, 0) is 37.1 Å². The molecule has 102 valence electrons. The molecule has 1 rings (SSSR count). The largest absolute Gasteiger partial charge is 0.375 e. The number of benzene rings is 1. The van der Waals surface area contributed by atoms with Crippen molar-refractivity contribution in [3.05, 3.63) is 24.3 Å². The normalized spacial score (nSPS) is 11.5. The molecule has 0 heterocycles. The van der Waals surface area contributed by atoms with Crippen molar-refractivity contribution < 1.29 is 8.42 Å². The molecule has 0 atom stereocenters. The minimum Gasteiger partial charge on any atom is -0.375 e. The zero-order valence-corrected chi connectivity index (χ0v) is 13.3. The van der Waals surface area contributed by atoms with Crippen molar-refractivity contribution >= 4 is 31.5 Å². The van der Waals surface area contributed by atoms with Crippen LogP contribution in [0.5, 0.6) is 0 Å². The molecule has 0 aromatic heterocycles. The highest BCUT2D eigenvalue weighted by atomic mass is 79.9. The molecule has 1 aromatic carbocycles. The molecule has 0 N–H and O–H groups in total. The zero-order chi connectivity index (χ0) is 13.6. The monoisotopic (exact) mass is 333 g/mol. The molecular weight excluding hydrogens is 314 g/mol. The van der Waals surface area contributed by atoms with Crippen LogP contribution in [0.2, 0.25) is 0 Å². The summed E-state index contributed by atoms with van der Waals surface area (Å²) in [6.45, 7) is 0.991. The summed E-state index contributed by atoms with van der Waals surface area (Å²) < 4.78 is 22.7. The Morgan fingerprint density at radius 2 is 1.72 bits per heavy atom. The molecule has 0 fully saturated rings. The Bertz CT molecular complexity index is 456. The fraction of sp³-hybridized carbons (Fsp3) is 0.538. The van der Waals surface area contributed by atoms with E-state index in [1.807, 2.05) is 19.2 Å². The molecule has 0 bridgehead atoms. The van der Waals surface area contributed by atoms with Gasteiger partial charge in [0.2, 0.25) is 0 Å². The predicted molar refractivity (Wildman–Crippen MR) is 80.5 cm³/mol. The molecule has 0 aliphatic carbocycles. The Balaban J connectivity index is 2.57. The van der Waals surface area contributed by atoms with E-state index in [-0.39, 0.29) is 0 Å². The Hall–Kier alpha value is -0.550. The third kappa shape index (κ3) is 4.98. The number of anilines is 1. The third-order valence-corrected chi connectivity index (χ3v) is 4.52. The lowest BCUT2D eigenvalue weighted by molar-refractivity contribution is 0.602. The third-order valence-electron chi connectivity index (χ3n) is 2.83. The molecule has 0 saturated heterocycles. The minimum absolute atomic E-state index is 0.374. The summed E-state index contributed by atoms with van der Waals surface area (Å²) in [5, 5.41) is 1.06. The molecule has 0 spiro atoms. The maximum absolute atomic E-state index is 11.3. The number of alkyl halides is 1. The van der Waals surface area contributed by atoms with Crippen LogP contribution in [-0.4, -0.2) is 33.6 Å². The van der Waals surface area contributed by atoms with E-state index in [0.717, 1.165) is 24.0 Å². The molecule has 0 radical (unpaired) electrons. The Morgan fingerprint density at radius 1 is 1.11 bits per heavy atom. The van der Waals surface area contributed by atoms with E-state index >= 15 is 0 Å². The van der Waals surface area contributed by atoms with Gasteiger partial charge in [-0.3, -0.25) is 0 Å². The summed E-state index contributed by atoms with van der Waals surface area (Å²) >= 11 is 3.42. The topological polar surface area (TPSA) is 37.4 Å². The van der Waals surface area contributed by atoms with Crippen LogP contribution in [0.15, 0.2) is 29.2 Å². The number of nitrogens with zero attached hydrogens (tertiary/aromatic N) is 1. The van der Waals surface area contributed by atoms with Crippen LogP contribution < -0.4 is 4.90 Å². The molecule has 0 aliphatic heterocycles. The fourth-order valence-electron chi connectivity index (χ4n) is 1.70. The van der Waals surface area contributed by atoms with Crippen molar-refractivity contribution in [1.29, 1.82) is 0 Å². The van der Waals surface area contributed by atoms with Gasteiger partial charge in [-0.2, -0.15) is 0 Å². The highest BCUT2D eigenvalue weighted by Gasteiger charge is 2.07. The van der Waals surface area contributed by atoms with Gasteiger partial charge < -0.3 is 4.90 Å². The van der Waals surface area contributed by atoms with Gasteiger partial charge in [-0.15, -0.1) is 0 Å². The van der Waals surface area contributed by atoms with Crippen molar-refractivity contribution in [2.45, 2.75) is 24.2 Å². The van der Waals surface area contributed by atoms with Gasteiger partial charge in [0.15, 0.2) is 9.84 Å². The van der Waals surface area contributed by atoms with Crippen LogP contribution in [0.25, 0.3) is 0 Å². The molecule has 0 aliphatic rings. The van der Waals surface area contributed by atoms with Crippen molar-refractivity contribution in [2.24, 2.45) is 0 Å². The number of unbranched alkanes of at least 4 members (excludes halogenated alkanes) is 2. The standard InChI is InChI=1S/C13H20BrNO2S/c1-15(11-5-3-4-10-14)12-6-8-13(9-7-12)18(2,16)17/h6-9H,3-5,10-11H2,1-2H3. The van der Waals surface area contributed by atoms with E-state index in [4.69, 9.17) is 0 Å². The number of halogens is 1. The Kier molecular flexibility index (Phi) is 6.15. The van der Waals surface area contributed by atoms with E-state index < -0.39 is 9.84 Å². The van der Waals surface area contributed by atoms with Crippen molar-refractivity contribution in [1.82, 2.24) is 0 Å². The van der Waals surface area contributed by atoms with Gasteiger partial charge in [-0.1, -0.05) is 22.4 Å². The minimum atomic E-state index is -3.09. The second-order valence-electron chi connectivity index (χ2n) is 4.44. The van der Waals surface area contributed by atoms with Crippen LogP contribution >= 0.6 is 15.9 Å². The number of rotatable bonds is 7. The molecule has 3 nitrogen and oxygen atoms in total. The van der Waals surface area contributed by atoms with Crippen LogP contribution in [0.1, 0.15) is 19.3 Å². The quantitative estimate of drug-likeness (QED) is 0.568. The molecule has 18 heavy (non-hydrogen) atoms. The second-order valence-corrected chi connectivity index (χ2v) is 7.25. The smallest absolute Gasteiger partial charge is 0.175 e. The van der Waals surface area contributed by atoms with Crippen LogP contribution in [-0.2, 0) is 9.84 Å². The van der Waals surface area contributed by atoms with Crippen molar-refractivity contribution in [2.75, 3.05) is 30.1 Å². The molecule has 5 heteroatoms. The molecule has 0 amide bonds. The summed E-state index contributed by atoms with van der Waals surface area (Å²) in [7, 11) is -1.06. The first-order valence-electron chi connectivity index (χ1n) is 6.02. The second kappa shape index (κ2) is 7.14. The summed E-state index contributed by atoms with van der Waals surface area (Å²) in [6, 6.07) is 7.06. The average Bonchev–Trinajstić information content (AvgIpc) is 2.33. The number of sulfone groups is 1. The van der Waals surface area contributed by atoms with Crippen molar-refractivity contribution in [3.8, 4) is 0 Å². The predicted octanol–water partition coefficient (Wildman–Crippen LogP) is 3.09. The van der Waals surface area contributed by atoms with Gasteiger partial charge in [0, 0.05) is 30.9 Å². The first-order valence-corrected chi connectivity index (χ1v) is 9.03. The lowest BCUT2D eigenvalue weighted by Gasteiger charge is -2.19. The van der Waals surface area contributed by atoms with E-state index in [2.05, 4.69) is 20.8 Å². The van der Waals surface area contributed by atoms with E-state index in [9.17, 15) is 8.42 Å². The molecule has 0 saturated carbocycles. The van der Waals surface area contributed by atoms with E-state index in [1.54, 1.807) is 12.1 Å². The van der Waals surface area contributed by atoms with Crippen LogP contribution in [0, 0.1) is 0 Å². The SMILES string of the molecule is CN(CCCCCBr)c1ccc(S(C)(=O)=O)cc1. The molecule has 0 unspecified atom stereocenters. The average molecular weight is 334 g/mol. The first kappa shape index (κ1) is 15.5. The van der Waals surface area contributed by atoms with Crippen LogP contribution in [0.3, 0.4) is 0 Å². The Morgan fingerprint density at radius 3 is 2.22 bits per heavy atom. The fourth-order valence-corrected chi connectivity index (χ4v) is 2.72. The van der Waals surface area contributed by atoms with Crippen molar-refractivity contribution in [3.63, 3.8) is 0 Å². The maximum Gasteiger partial charge on any atom is 0.175 e. The molecule has 1 aromatic rings. The highest BCUT2D eigenvalue weighted by Crippen LogP contribution is 2.17.